The molecule has 0 bridgehead atoms. The van der Waals surface area contributed by atoms with Crippen molar-refractivity contribution in [3.63, 3.8) is 0 Å². The summed E-state index contributed by atoms with van der Waals surface area (Å²) in [7, 11) is 0. The summed E-state index contributed by atoms with van der Waals surface area (Å²) >= 11 is 0. The molecule has 8 nitrogen and oxygen atoms in total. The van der Waals surface area contributed by atoms with Gasteiger partial charge in [-0.2, -0.15) is 9.61 Å². The van der Waals surface area contributed by atoms with E-state index in [0.29, 0.717) is 37.5 Å². The Kier molecular flexibility index (Phi) is 6.86. The lowest BCUT2D eigenvalue weighted by Gasteiger charge is -2.30. The van der Waals surface area contributed by atoms with Crippen LogP contribution in [0.5, 0.6) is 5.75 Å². The fraction of sp³-hybridized carbons (Fsp3) is 0.321. The highest BCUT2D eigenvalue weighted by Crippen LogP contribution is 2.22. The minimum Gasteiger partial charge on any atom is -0.494 e. The quantitative estimate of drug-likeness (QED) is 0.414. The predicted octanol–water partition coefficient (Wildman–Crippen LogP) is 3.40. The third-order valence-electron chi connectivity index (χ3n) is 6.67. The van der Waals surface area contributed by atoms with Crippen LogP contribution < -0.4 is 15.6 Å². The van der Waals surface area contributed by atoms with Crippen molar-refractivity contribution in [2.75, 3.05) is 13.2 Å². The number of carbonyl (C=O) groups is 1. The number of benzene rings is 2. The molecule has 3 heterocycles. The van der Waals surface area contributed by atoms with Crippen LogP contribution in [0.1, 0.15) is 46.6 Å². The SMILES string of the molecule is CCOc1ccc(CNC(=O)c2cnn3c(=O)c4c(n(CC)c23)CCN(Cc2ccccc2)C4)cc1. The molecule has 1 amide bonds. The van der Waals surface area contributed by atoms with Crippen LogP contribution in [0.4, 0.5) is 0 Å². The monoisotopic (exact) mass is 485 g/mol. The second kappa shape index (κ2) is 10.4. The standard InChI is InChI=1S/C28H31N5O3/c1-3-32-25-14-15-31(18-21-8-6-5-7-9-21)19-24(25)28(35)33-27(32)23(17-30-33)26(34)29-16-20-10-12-22(13-11-20)36-4-2/h5-13,17H,3-4,14-16,18-19H2,1-2H3,(H,29,34). The molecule has 0 radical (unpaired) electrons. The van der Waals surface area contributed by atoms with Crippen molar-refractivity contribution >= 4 is 11.6 Å². The van der Waals surface area contributed by atoms with Gasteiger partial charge in [0, 0.05) is 44.8 Å². The summed E-state index contributed by atoms with van der Waals surface area (Å²) in [5, 5.41) is 7.31. The van der Waals surface area contributed by atoms with E-state index in [-0.39, 0.29) is 11.5 Å². The number of aromatic nitrogens is 3. The Labute approximate surface area is 210 Å². The number of carbonyl (C=O) groups excluding carboxylic acids is 1. The van der Waals surface area contributed by atoms with Gasteiger partial charge in [0.1, 0.15) is 11.3 Å². The van der Waals surface area contributed by atoms with Gasteiger partial charge in [0.15, 0.2) is 5.65 Å². The summed E-state index contributed by atoms with van der Waals surface area (Å²) in [4.78, 5) is 28.9. The predicted molar refractivity (Wildman–Crippen MR) is 138 cm³/mol. The minimum absolute atomic E-state index is 0.145. The molecule has 0 aliphatic carbocycles. The number of aryl methyl sites for hydroxylation is 1. The van der Waals surface area contributed by atoms with Gasteiger partial charge in [-0.05, 0) is 37.1 Å². The topological polar surface area (TPSA) is 80.9 Å². The van der Waals surface area contributed by atoms with Gasteiger partial charge in [-0.25, -0.2) is 0 Å². The van der Waals surface area contributed by atoms with Crippen LogP contribution in [0.25, 0.3) is 5.65 Å². The number of fused-ring (bicyclic) bond motifs is 2. The molecule has 4 aromatic rings. The Bertz CT molecular complexity index is 1420. The van der Waals surface area contributed by atoms with Crippen molar-refractivity contribution in [3.8, 4) is 5.75 Å². The lowest BCUT2D eigenvalue weighted by atomic mass is 10.0. The van der Waals surface area contributed by atoms with Crippen molar-refractivity contribution < 1.29 is 9.53 Å². The molecule has 0 saturated heterocycles. The Morgan fingerprint density at radius 2 is 1.83 bits per heavy atom. The van der Waals surface area contributed by atoms with Crippen molar-refractivity contribution in [1.29, 1.82) is 0 Å². The highest BCUT2D eigenvalue weighted by Gasteiger charge is 2.27. The molecule has 0 saturated carbocycles. The number of hydrogen-bond donors (Lipinski definition) is 1. The number of rotatable bonds is 8. The second-order valence-corrected chi connectivity index (χ2v) is 8.97. The molecule has 186 valence electrons. The van der Waals surface area contributed by atoms with Crippen LogP contribution in [0.2, 0.25) is 0 Å². The Hall–Kier alpha value is -3.91. The van der Waals surface area contributed by atoms with E-state index in [0.717, 1.165) is 42.1 Å². The molecule has 1 aliphatic rings. The summed E-state index contributed by atoms with van der Waals surface area (Å²) in [5.41, 5.74) is 4.77. The molecule has 1 aliphatic heterocycles. The first-order valence-electron chi connectivity index (χ1n) is 12.5. The molecule has 8 heteroatoms. The molecule has 1 N–H and O–H groups in total. The molecule has 5 rings (SSSR count). The van der Waals surface area contributed by atoms with E-state index in [4.69, 9.17) is 4.74 Å². The summed E-state index contributed by atoms with van der Waals surface area (Å²) in [6.07, 6.45) is 2.25. The third-order valence-corrected chi connectivity index (χ3v) is 6.67. The first-order chi connectivity index (χ1) is 17.6. The zero-order chi connectivity index (χ0) is 25.1. The van der Waals surface area contributed by atoms with Crippen LogP contribution in [0.3, 0.4) is 0 Å². The van der Waals surface area contributed by atoms with Gasteiger partial charge in [0.2, 0.25) is 0 Å². The molecule has 0 fully saturated rings. The zero-order valence-corrected chi connectivity index (χ0v) is 20.7. The average Bonchev–Trinajstić information content (AvgIpc) is 3.35. The first-order valence-corrected chi connectivity index (χ1v) is 12.5. The Balaban J connectivity index is 1.39. The molecule has 0 unspecified atom stereocenters. The Morgan fingerprint density at radius 1 is 1.06 bits per heavy atom. The average molecular weight is 486 g/mol. The van der Waals surface area contributed by atoms with Gasteiger partial charge in [0.25, 0.3) is 11.5 Å². The van der Waals surface area contributed by atoms with Gasteiger partial charge in [0.05, 0.1) is 18.4 Å². The van der Waals surface area contributed by atoms with Gasteiger partial charge < -0.3 is 14.6 Å². The van der Waals surface area contributed by atoms with E-state index in [1.54, 1.807) is 0 Å². The third kappa shape index (κ3) is 4.64. The van der Waals surface area contributed by atoms with E-state index in [1.165, 1.54) is 16.3 Å². The zero-order valence-electron chi connectivity index (χ0n) is 20.7. The van der Waals surface area contributed by atoms with Crippen molar-refractivity contribution in [2.45, 2.75) is 46.4 Å². The number of nitrogens with one attached hydrogen (secondary N) is 1. The maximum atomic E-state index is 13.5. The Morgan fingerprint density at radius 3 is 2.56 bits per heavy atom. The smallest absolute Gasteiger partial charge is 0.279 e. The van der Waals surface area contributed by atoms with Crippen molar-refractivity contribution in [1.82, 2.24) is 24.4 Å². The lowest BCUT2D eigenvalue weighted by Crippen LogP contribution is -2.38. The minimum atomic E-state index is -0.248. The van der Waals surface area contributed by atoms with E-state index < -0.39 is 0 Å². The number of ether oxygens (including phenoxy) is 1. The first kappa shape index (κ1) is 23.8. The van der Waals surface area contributed by atoms with Crippen LogP contribution in [-0.4, -0.2) is 38.1 Å². The maximum absolute atomic E-state index is 13.5. The molecule has 0 spiro atoms. The van der Waals surface area contributed by atoms with Gasteiger partial charge in [-0.1, -0.05) is 42.5 Å². The van der Waals surface area contributed by atoms with Crippen LogP contribution in [0.15, 0.2) is 65.6 Å². The van der Waals surface area contributed by atoms with Crippen LogP contribution >= 0.6 is 0 Å². The molecule has 2 aromatic heterocycles. The van der Waals surface area contributed by atoms with E-state index in [1.807, 2.05) is 56.3 Å². The normalized spacial score (nSPS) is 13.5. The molecular formula is C28H31N5O3. The molecular weight excluding hydrogens is 454 g/mol. The molecule has 2 aromatic carbocycles. The summed E-state index contributed by atoms with van der Waals surface area (Å²) in [5.74, 6) is 0.552. The number of nitrogens with zero attached hydrogens (tertiary/aromatic N) is 4. The van der Waals surface area contributed by atoms with Gasteiger partial charge in [-0.3, -0.25) is 14.5 Å². The van der Waals surface area contributed by atoms with Crippen molar-refractivity contribution in [2.24, 2.45) is 0 Å². The summed E-state index contributed by atoms with van der Waals surface area (Å²) < 4.78 is 8.95. The highest BCUT2D eigenvalue weighted by atomic mass is 16.5. The number of amides is 1. The van der Waals surface area contributed by atoms with Gasteiger partial charge >= 0.3 is 0 Å². The van der Waals surface area contributed by atoms with Crippen molar-refractivity contribution in [3.05, 3.63) is 99.1 Å². The van der Waals surface area contributed by atoms with Crippen LogP contribution in [-0.2, 0) is 32.6 Å². The molecule has 0 atom stereocenters. The van der Waals surface area contributed by atoms with Gasteiger partial charge in [-0.15, -0.1) is 0 Å². The highest BCUT2D eigenvalue weighted by molar-refractivity contribution is 5.99. The fourth-order valence-corrected chi connectivity index (χ4v) is 4.93. The second-order valence-electron chi connectivity index (χ2n) is 8.97. The van der Waals surface area contributed by atoms with E-state index >= 15 is 0 Å². The summed E-state index contributed by atoms with van der Waals surface area (Å²) in [6, 6.07) is 17.9. The lowest BCUT2D eigenvalue weighted by molar-refractivity contribution is 0.0952. The molecule has 36 heavy (non-hydrogen) atoms. The number of hydrogen-bond acceptors (Lipinski definition) is 5. The largest absolute Gasteiger partial charge is 0.494 e. The fourth-order valence-electron chi connectivity index (χ4n) is 4.93. The van der Waals surface area contributed by atoms with E-state index in [2.05, 4.69) is 32.0 Å². The van der Waals surface area contributed by atoms with E-state index in [9.17, 15) is 9.59 Å². The summed E-state index contributed by atoms with van der Waals surface area (Å²) in [6.45, 7) is 7.83. The van der Waals surface area contributed by atoms with Crippen LogP contribution in [0, 0.1) is 0 Å². The maximum Gasteiger partial charge on any atom is 0.279 e.